The smallest absolute Gasteiger partial charge is 0.416 e. The molecule has 588 valence electrons. The van der Waals surface area contributed by atoms with E-state index in [-0.39, 0.29) is 13.2 Å². The van der Waals surface area contributed by atoms with Crippen molar-refractivity contribution < 1.29 is 41.6 Å². The Balaban J connectivity index is 0.000000114. The van der Waals surface area contributed by atoms with Gasteiger partial charge in [-0.25, -0.2) is 0 Å². The van der Waals surface area contributed by atoms with Crippen molar-refractivity contribution in [2.45, 2.75) is 36.6 Å². The second-order valence-corrected chi connectivity index (χ2v) is 28.1. The number of anilines is 1. The fourth-order valence-corrected chi connectivity index (χ4v) is 14.5. The first kappa shape index (κ1) is 76.5. The zero-order valence-electron chi connectivity index (χ0n) is 63.7. The molecular weight excluding hydrogens is 1560 g/mol. The van der Waals surface area contributed by atoms with Crippen LogP contribution in [-0.4, -0.2) is 128 Å². The van der Waals surface area contributed by atoms with Crippen molar-refractivity contribution >= 4 is 95.0 Å². The lowest BCUT2D eigenvalue weighted by Crippen LogP contribution is -2.07. The molecule has 119 heavy (non-hydrogen) atoms. The molecule has 20 rings (SSSR count). The van der Waals surface area contributed by atoms with Crippen molar-refractivity contribution in [3.8, 4) is 79.5 Å². The molecule has 0 saturated heterocycles. The highest BCUT2D eigenvalue weighted by molar-refractivity contribution is 7.98. The van der Waals surface area contributed by atoms with Crippen LogP contribution >= 0.6 is 23.1 Å². The number of methoxy groups -OCH3 is 4. The lowest BCUT2D eigenvalue weighted by molar-refractivity contribution is -0.137. The molecule has 7 aromatic carbocycles. The van der Waals surface area contributed by atoms with Crippen molar-refractivity contribution in [2.24, 2.45) is 0 Å². The van der Waals surface area contributed by atoms with Crippen molar-refractivity contribution in [1.82, 2.24) is 99.2 Å². The maximum atomic E-state index is 12.8. The van der Waals surface area contributed by atoms with E-state index >= 15 is 0 Å². The zero-order chi connectivity index (χ0) is 81.2. The van der Waals surface area contributed by atoms with Gasteiger partial charge >= 0.3 is 6.18 Å². The fourth-order valence-electron chi connectivity index (χ4n) is 12.9. The minimum absolute atomic E-state index is 0.0791. The first-order chi connectivity index (χ1) is 58.4. The number of thiophene rings is 1. The number of halogens is 3. The normalized spacial score (nSPS) is 11.3. The highest BCUT2D eigenvalue weighted by Gasteiger charge is 2.30. The van der Waals surface area contributed by atoms with E-state index in [1.165, 1.54) is 16.6 Å². The summed E-state index contributed by atoms with van der Waals surface area (Å²) in [6.45, 7) is 0.805. The average molecular weight is 1620 g/mol. The van der Waals surface area contributed by atoms with Crippen LogP contribution in [0.5, 0.6) is 34.5 Å². The standard InChI is InChI=1S/C23H16F3N5O2.C22H18N6O.C22H17N5OS.C20H15N5O2S/c1-32-16-6-7-17-19(12-16)27-11-10-20(17)33-13-22-29-28-21-9-8-18(30-31(21)22)14-2-4-15(5-3-14)23(24,25)26;1-29-16-7-8-17-19(11-12-23-20(17)13-16)24-14-22-26-25-21-10-9-18(27-28(21)22)15-5-3-2-4-6-15;1-28-16-7-8-17-19(13-16)23-12-11-20(17)29-14-22-25-24-21-10-9-18(26-27(21)22)15-5-3-2-4-6-15;1-26-14-2-3-15-17(10-14)21-8-6-18(15)27-11-20-23-22-19-5-4-16(24-25(19)20)13-7-9-28-12-13/h2-12H,13H2,1H3;2-13H,14H2,1H3,(H,23,24);2-13H,14H2,1H3;2-10,12H,11H2,1H3. The molecule has 1 N–H and O–H groups in total. The number of aromatic nitrogens is 20. The van der Waals surface area contributed by atoms with Gasteiger partial charge in [-0.15, -0.1) is 52.6 Å². The van der Waals surface area contributed by atoms with Gasteiger partial charge in [0.25, 0.3) is 0 Å². The fraction of sp³-hybridized carbons (Fsp3) is 0.103. The van der Waals surface area contributed by atoms with Gasteiger partial charge < -0.3 is 33.7 Å². The largest absolute Gasteiger partial charge is 0.497 e. The van der Waals surface area contributed by atoms with Crippen molar-refractivity contribution in [3.63, 3.8) is 0 Å². The second-order valence-electron chi connectivity index (χ2n) is 26.3. The Labute approximate surface area is 682 Å². The minimum atomic E-state index is -4.39. The predicted octanol–water partition coefficient (Wildman–Crippen LogP) is 17.5. The topological polar surface area (TPSA) is 291 Å². The molecule has 0 amide bonds. The van der Waals surface area contributed by atoms with Crippen LogP contribution in [0.2, 0.25) is 0 Å². The summed E-state index contributed by atoms with van der Waals surface area (Å²) in [7, 11) is 6.53. The summed E-state index contributed by atoms with van der Waals surface area (Å²) in [5.41, 5.74) is 13.0. The number of nitrogens with one attached hydrogen (secondary N) is 1. The molecule has 0 aliphatic carbocycles. The summed E-state index contributed by atoms with van der Waals surface area (Å²) in [4.78, 5) is 18.7. The van der Waals surface area contributed by atoms with Crippen LogP contribution in [0.4, 0.5) is 18.9 Å². The highest BCUT2D eigenvalue weighted by Crippen LogP contribution is 2.36. The van der Waals surface area contributed by atoms with E-state index < -0.39 is 11.7 Å². The lowest BCUT2D eigenvalue weighted by atomic mass is 10.1. The molecule has 0 saturated carbocycles. The van der Waals surface area contributed by atoms with Crippen LogP contribution in [0.25, 0.3) is 111 Å². The molecule has 0 bridgehead atoms. The van der Waals surface area contributed by atoms with E-state index in [4.69, 9.17) is 38.6 Å². The summed E-state index contributed by atoms with van der Waals surface area (Å²) >= 11 is 3.33. The Bertz CT molecular complexity index is 6780. The van der Waals surface area contributed by atoms with E-state index in [0.717, 1.165) is 140 Å². The van der Waals surface area contributed by atoms with Crippen molar-refractivity contribution in [3.05, 3.63) is 301 Å². The summed E-state index contributed by atoms with van der Waals surface area (Å²) in [5.74, 6) is 7.62. The van der Waals surface area contributed by atoms with Gasteiger partial charge in [0.05, 0.1) is 91.1 Å². The molecule has 13 heterocycles. The van der Waals surface area contributed by atoms with Gasteiger partial charge in [-0.3, -0.25) is 19.9 Å². The van der Waals surface area contributed by atoms with Gasteiger partial charge in [0.2, 0.25) is 0 Å². The first-order valence-electron chi connectivity index (χ1n) is 36.9. The minimum Gasteiger partial charge on any atom is -0.497 e. The second kappa shape index (κ2) is 34.5. The molecular formula is C87H66F3N21O6S2. The molecule has 32 heteroatoms. The Kier molecular flexibility index (Phi) is 22.2. The maximum Gasteiger partial charge on any atom is 0.416 e. The predicted molar refractivity (Wildman–Crippen MR) is 446 cm³/mol. The number of ether oxygens (including phenoxy) is 6. The maximum absolute atomic E-state index is 12.8. The number of nitrogens with zero attached hydrogens (tertiary/aromatic N) is 20. The number of alkyl halides is 3. The van der Waals surface area contributed by atoms with Crippen LogP contribution in [0.1, 0.15) is 28.9 Å². The van der Waals surface area contributed by atoms with Crippen LogP contribution in [-0.2, 0) is 31.7 Å². The zero-order valence-corrected chi connectivity index (χ0v) is 65.3. The Morgan fingerprint density at radius 3 is 1.23 bits per heavy atom. The number of rotatable bonds is 20. The summed E-state index contributed by atoms with van der Waals surface area (Å²) in [6, 6.07) is 72.6. The van der Waals surface area contributed by atoms with E-state index in [2.05, 4.69) is 81.6 Å². The Hall–Kier alpha value is -15.2. The highest BCUT2D eigenvalue weighted by atomic mass is 32.2. The van der Waals surface area contributed by atoms with Crippen molar-refractivity contribution in [2.75, 3.05) is 33.8 Å². The Morgan fingerprint density at radius 1 is 0.370 bits per heavy atom. The summed E-state index contributed by atoms with van der Waals surface area (Å²) < 4.78 is 78.5. The monoisotopic (exact) mass is 1620 g/mol. The van der Waals surface area contributed by atoms with Gasteiger partial charge in [0, 0.05) is 109 Å². The van der Waals surface area contributed by atoms with Gasteiger partial charge in [-0.05, 0) is 145 Å². The molecule has 0 spiro atoms. The summed E-state index contributed by atoms with van der Waals surface area (Å²) in [5, 5.41) is 63.8. The van der Waals surface area contributed by atoms with Crippen LogP contribution in [0, 0.1) is 0 Å². The average Bonchev–Trinajstić information content (AvgIpc) is 1.72. The van der Waals surface area contributed by atoms with Gasteiger partial charge in [-0.2, -0.15) is 63.0 Å². The Morgan fingerprint density at radius 2 is 0.765 bits per heavy atom. The molecule has 27 nitrogen and oxygen atoms in total. The number of hydrogen-bond donors (Lipinski definition) is 1. The van der Waals surface area contributed by atoms with E-state index in [0.29, 0.717) is 63.6 Å². The molecule has 0 radical (unpaired) electrons. The number of thioether (sulfide) groups is 1. The lowest BCUT2D eigenvalue weighted by Gasteiger charge is -2.09. The van der Waals surface area contributed by atoms with Gasteiger partial charge in [0.1, 0.15) is 47.7 Å². The first-order valence-corrected chi connectivity index (χ1v) is 38.8. The molecule has 0 aliphatic heterocycles. The number of fused-ring (bicyclic) bond motifs is 8. The molecule has 0 atom stereocenters. The van der Waals surface area contributed by atoms with Crippen molar-refractivity contribution in [1.29, 1.82) is 0 Å². The third kappa shape index (κ3) is 17.0. The molecule has 20 aromatic rings. The van der Waals surface area contributed by atoms with E-state index in [1.807, 2.05) is 210 Å². The third-order valence-corrected chi connectivity index (χ3v) is 20.7. The van der Waals surface area contributed by atoms with Crippen LogP contribution in [0.3, 0.4) is 0 Å². The molecule has 0 unspecified atom stereocenters. The van der Waals surface area contributed by atoms with Gasteiger partial charge in [-0.1, -0.05) is 72.8 Å². The molecule has 0 aliphatic rings. The molecule has 13 aromatic heterocycles. The van der Waals surface area contributed by atoms with E-state index in [9.17, 15) is 13.2 Å². The van der Waals surface area contributed by atoms with E-state index in [1.54, 1.807) is 97.4 Å². The van der Waals surface area contributed by atoms with Crippen LogP contribution < -0.4 is 33.7 Å². The summed E-state index contributed by atoms with van der Waals surface area (Å²) in [6.07, 6.45) is 2.55. The van der Waals surface area contributed by atoms with Gasteiger partial charge in [0.15, 0.2) is 45.9 Å². The number of hydrogen-bond acceptors (Lipinski definition) is 25. The molecule has 0 fully saturated rings. The third-order valence-electron chi connectivity index (χ3n) is 19.0. The number of benzene rings is 7. The quantitative estimate of drug-likeness (QED) is 0.0693. The number of pyridine rings is 4. The SMILES string of the molecule is COc1ccc2c(NCc3nnc4ccc(-c5ccccc5)nn34)ccnc2c1.COc1ccc2c(OCc3nnc4ccc(-c5ccc(C(F)(F)F)cc5)nn34)ccnc2c1.COc1ccc2c(OCc3nnc4ccc(-c5ccsc5)nn34)ccnc2c1.COc1ccc2c(SCc3nnc4ccc(-c5ccccc5)nn34)ccnc2c1. The van der Waals surface area contributed by atoms with Crippen LogP contribution in [0.15, 0.2) is 277 Å².